The summed E-state index contributed by atoms with van der Waals surface area (Å²) in [6.07, 6.45) is 6.20. The van der Waals surface area contributed by atoms with Crippen molar-refractivity contribution in [1.82, 2.24) is 4.90 Å². The largest absolute Gasteiger partial charge is 0.497 e. The molecule has 0 aromatic heterocycles. The number of ether oxygens (including phenoxy) is 2. The first kappa shape index (κ1) is 24.8. The third kappa shape index (κ3) is 6.53. The fourth-order valence-electron chi connectivity index (χ4n) is 4.15. The van der Waals surface area contributed by atoms with Gasteiger partial charge in [-0.3, -0.25) is 4.79 Å². The standard InChI is InChI=1S/C24H33NO3S.ClH/c1-18(19-7-8-21-16-22(27-3)10-9-20(21)15-19)23(26)28-14-13-25(2)17-24(29)11-5-4-6-12-24;/h7-10,15-16,18,29H,4-6,11-14,17H2,1-3H3;1H/t18-;/m0./s1. The van der Waals surface area contributed by atoms with E-state index < -0.39 is 0 Å². The SMILES string of the molecule is COc1ccc2cc([C@H](C)C(=O)OCCN(C)CC3(S)CCCCC3)ccc2c1.Cl. The number of hydrogen-bond acceptors (Lipinski definition) is 5. The van der Waals surface area contributed by atoms with E-state index in [-0.39, 0.29) is 29.0 Å². The summed E-state index contributed by atoms with van der Waals surface area (Å²) in [5, 5.41) is 2.19. The lowest BCUT2D eigenvalue weighted by Crippen LogP contribution is -2.40. The van der Waals surface area contributed by atoms with Gasteiger partial charge < -0.3 is 14.4 Å². The van der Waals surface area contributed by atoms with Gasteiger partial charge >= 0.3 is 5.97 Å². The van der Waals surface area contributed by atoms with E-state index in [0.717, 1.165) is 35.2 Å². The lowest BCUT2D eigenvalue weighted by molar-refractivity contribution is -0.145. The van der Waals surface area contributed by atoms with Crippen molar-refractivity contribution < 1.29 is 14.3 Å². The Morgan fingerprint density at radius 2 is 1.80 bits per heavy atom. The molecule has 1 fully saturated rings. The van der Waals surface area contributed by atoms with Crippen LogP contribution in [0.4, 0.5) is 0 Å². The van der Waals surface area contributed by atoms with Crippen LogP contribution in [0.15, 0.2) is 36.4 Å². The molecule has 1 atom stereocenters. The molecule has 0 bridgehead atoms. The molecule has 0 amide bonds. The van der Waals surface area contributed by atoms with E-state index in [4.69, 9.17) is 22.1 Å². The number of hydrogen-bond donors (Lipinski definition) is 1. The normalized spacial score (nSPS) is 16.7. The molecule has 6 heteroatoms. The fraction of sp³-hybridized carbons (Fsp3) is 0.542. The summed E-state index contributed by atoms with van der Waals surface area (Å²) < 4.78 is 11.0. The van der Waals surface area contributed by atoms with Crippen LogP contribution < -0.4 is 4.74 Å². The van der Waals surface area contributed by atoms with Gasteiger partial charge in [0.15, 0.2) is 0 Å². The molecule has 30 heavy (non-hydrogen) atoms. The molecular weight excluding hydrogens is 418 g/mol. The second-order valence-electron chi connectivity index (χ2n) is 8.38. The lowest BCUT2D eigenvalue weighted by Gasteiger charge is -2.36. The minimum Gasteiger partial charge on any atom is -0.497 e. The van der Waals surface area contributed by atoms with Crippen molar-refractivity contribution in [3.8, 4) is 5.75 Å². The Hall–Kier alpha value is -1.43. The molecular formula is C24H34ClNO3S. The van der Waals surface area contributed by atoms with Crippen molar-refractivity contribution in [2.75, 3.05) is 33.9 Å². The second-order valence-corrected chi connectivity index (χ2v) is 9.33. The van der Waals surface area contributed by atoms with Crippen LogP contribution in [0.1, 0.15) is 50.5 Å². The van der Waals surface area contributed by atoms with Crippen LogP contribution in [0.5, 0.6) is 5.75 Å². The first-order valence-corrected chi connectivity index (χ1v) is 11.0. The monoisotopic (exact) mass is 451 g/mol. The number of rotatable bonds is 8. The molecule has 0 saturated heterocycles. The zero-order valence-electron chi connectivity index (χ0n) is 18.2. The third-order valence-corrected chi connectivity index (χ3v) is 6.58. The predicted molar refractivity (Wildman–Crippen MR) is 129 cm³/mol. The molecule has 0 aliphatic heterocycles. The van der Waals surface area contributed by atoms with Gasteiger partial charge in [0.25, 0.3) is 0 Å². The number of nitrogens with zero attached hydrogens (tertiary/aromatic N) is 1. The Bertz CT molecular complexity index is 838. The molecule has 2 aromatic carbocycles. The minimum atomic E-state index is -0.290. The number of halogens is 1. The predicted octanol–water partition coefficient (Wildman–Crippen LogP) is 5.48. The number of likely N-dealkylation sites (N-methyl/N-ethyl adjacent to an activating group) is 1. The van der Waals surface area contributed by atoms with Crippen LogP contribution in [-0.4, -0.2) is 49.5 Å². The highest BCUT2D eigenvalue weighted by Gasteiger charge is 2.29. The van der Waals surface area contributed by atoms with Crippen LogP contribution >= 0.6 is 25.0 Å². The van der Waals surface area contributed by atoms with E-state index in [2.05, 4.69) is 18.0 Å². The van der Waals surface area contributed by atoms with E-state index in [1.807, 2.05) is 37.3 Å². The highest BCUT2D eigenvalue weighted by molar-refractivity contribution is 7.81. The highest BCUT2D eigenvalue weighted by atomic mass is 35.5. The lowest BCUT2D eigenvalue weighted by atomic mass is 9.88. The molecule has 0 heterocycles. The maximum atomic E-state index is 12.5. The van der Waals surface area contributed by atoms with Gasteiger partial charge in [0.1, 0.15) is 12.4 Å². The highest BCUT2D eigenvalue weighted by Crippen LogP contribution is 2.34. The summed E-state index contributed by atoms with van der Waals surface area (Å²) in [6.45, 7) is 3.99. The van der Waals surface area contributed by atoms with Crippen LogP contribution in [0, 0.1) is 0 Å². The van der Waals surface area contributed by atoms with Gasteiger partial charge in [-0.1, -0.05) is 43.5 Å². The number of thiol groups is 1. The summed E-state index contributed by atoms with van der Waals surface area (Å²) in [6, 6.07) is 12.0. The summed E-state index contributed by atoms with van der Waals surface area (Å²) in [4.78, 5) is 14.8. The third-order valence-electron chi connectivity index (χ3n) is 5.99. The number of carbonyl (C=O) groups is 1. The van der Waals surface area contributed by atoms with E-state index >= 15 is 0 Å². The number of esters is 1. The van der Waals surface area contributed by atoms with Crippen LogP contribution in [-0.2, 0) is 9.53 Å². The van der Waals surface area contributed by atoms with Crippen molar-refractivity contribution in [2.45, 2.75) is 49.7 Å². The summed E-state index contributed by atoms with van der Waals surface area (Å²) >= 11 is 4.92. The fourth-order valence-corrected chi connectivity index (χ4v) is 4.71. The van der Waals surface area contributed by atoms with E-state index in [0.29, 0.717) is 6.61 Å². The van der Waals surface area contributed by atoms with Crippen LogP contribution in [0.3, 0.4) is 0 Å². The van der Waals surface area contributed by atoms with Gasteiger partial charge in [-0.05, 0) is 55.3 Å². The molecule has 2 aromatic rings. The average Bonchev–Trinajstić information content (AvgIpc) is 2.72. The van der Waals surface area contributed by atoms with Gasteiger partial charge in [0, 0.05) is 17.8 Å². The molecule has 0 unspecified atom stereocenters. The Labute approximate surface area is 192 Å². The van der Waals surface area contributed by atoms with E-state index in [1.54, 1.807) is 7.11 Å². The number of benzene rings is 2. The summed E-state index contributed by atoms with van der Waals surface area (Å²) in [5.74, 6) is 0.365. The molecule has 1 aliphatic carbocycles. The van der Waals surface area contributed by atoms with Crippen molar-refractivity contribution in [2.24, 2.45) is 0 Å². The average molecular weight is 452 g/mol. The second kappa shape index (κ2) is 11.3. The topological polar surface area (TPSA) is 38.8 Å². The first-order chi connectivity index (χ1) is 13.9. The smallest absolute Gasteiger partial charge is 0.313 e. The minimum absolute atomic E-state index is 0. The Morgan fingerprint density at radius 3 is 2.50 bits per heavy atom. The quantitative estimate of drug-likeness (QED) is 0.426. The van der Waals surface area contributed by atoms with Gasteiger partial charge in [-0.25, -0.2) is 0 Å². The van der Waals surface area contributed by atoms with Gasteiger partial charge in [0.05, 0.1) is 13.0 Å². The Morgan fingerprint density at radius 1 is 1.13 bits per heavy atom. The molecule has 166 valence electrons. The molecule has 1 aliphatic rings. The number of carbonyl (C=O) groups excluding carboxylic acids is 1. The first-order valence-electron chi connectivity index (χ1n) is 10.6. The van der Waals surface area contributed by atoms with Crippen molar-refractivity contribution in [3.63, 3.8) is 0 Å². The summed E-state index contributed by atoms with van der Waals surface area (Å²) in [7, 11) is 3.75. The molecule has 4 nitrogen and oxygen atoms in total. The van der Waals surface area contributed by atoms with Crippen LogP contribution in [0.2, 0.25) is 0 Å². The van der Waals surface area contributed by atoms with Crippen molar-refractivity contribution in [1.29, 1.82) is 0 Å². The van der Waals surface area contributed by atoms with Gasteiger partial charge in [0.2, 0.25) is 0 Å². The number of fused-ring (bicyclic) bond motifs is 1. The molecule has 0 N–H and O–H groups in total. The Balaban J connectivity index is 0.00000320. The maximum Gasteiger partial charge on any atom is 0.313 e. The number of methoxy groups -OCH3 is 1. The van der Waals surface area contributed by atoms with E-state index in [9.17, 15) is 4.79 Å². The Kier molecular flexibility index (Phi) is 9.32. The molecule has 3 rings (SSSR count). The summed E-state index contributed by atoms with van der Waals surface area (Å²) in [5.41, 5.74) is 0.970. The molecule has 0 radical (unpaired) electrons. The van der Waals surface area contributed by atoms with E-state index in [1.165, 1.54) is 32.1 Å². The molecule has 0 spiro atoms. The van der Waals surface area contributed by atoms with Crippen molar-refractivity contribution in [3.05, 3.63) is 42.0 Å². The maximum absolute atomic E-state index is 12.5. The van der Waals surface area contributed by atoms with Crippen LogP contribution in [0.25, 0.3) is 10.8 Å². The zero-order chi connectivity index (χ0) is 20.9. The van der Waals surface area contributed by atoms with Gasteiger partial charge in [-0.2, -0.15) is 12.6 Å². The zero-order valence-corrected chi connectivity index (χ0v) is 19.9. The van der Waals surface area contributed by atoms with Gasteiger partial charge in [-0.15, -0.1) is 12.4 Å². The van der Waals surface area contributed by atoms with Crippen molar-refractivity contribution >= 4 is 41.8 Å². The molecule has 1 saturated carbocycles.